The van der Waals surface area contributed by atoms with Crippen LogP contribution in [0.25, 0.3) is 0 Å². The summed E-state index contributed by atoms with van der Waals surface area (Å²) in [6.07, 6.45) is 2.47. The summed E-state index contributed by atoms with van der Waals surface area (Å²) in [5.74, 6) is 1.59. The van der Waals surface area contributed by atoms with Gasteiger partial charge in [0.1, 0.15) is 17.9 Å². The highest BCUT2D eigenvalue weighted by molar-refractivity contribution is 6.31. The van der Waals surface area contributed by atoms with Gasteiger partial charge in [-0.3, -0.25) is 9.69 Å². The second kappa shape index (κ2) is 10.8. The lowest BCUT2D eigenvalue weighted by molar-refractivity contribution is -0.199. The molecule has 1 saturated carbocycles. The van der Waals surface area contributed by atoms with Gasteiger partial charge in [-0.25, -0.2) is 0 Å². The summed E-state index contributed by atoms with van der Waals surface area (Å²) in [5.41, 5.74) is 3.08. The third-order valence-electron chi connectivity index (χ3n) is 10.0. The van der Waals surface area contributed by atoms with Crippen LogP contribution < -0.4 is 15.0 Å². The van der Waals surface area contributed by atoms with Crippen molar-refractivity contribution in [1.82, 2.24) is 15.1 Å². The maximum Gasteiger partial charge on any atom is 0.254 e. The number of piperazine rings is 1. The molecule has 3 heterocycles. The Hall–Kier alpha value is -2.79. The molecule has 3 fully saturated rings. The van der Waals surface area contributed by atoms with E-state index in [0.29, 0.717) is 22.9 Å². The molecule has 218 valence electrons. The smallest absolute Gasteiger partial charge is 0.254 e. The number of piperidine rings is 1. The summed E-state index contributed by atoms with van der Waals surface area (Å²) in [5, 5.41) is 13.1. The first kappa shape index (κ1) is 28.3. The fourth-order valence-electron chi connectivity index (χ4n) is 8.36. The number of nitrogens with zero attached hydrogens (tertiary/aromatic N) is 4. The lowest BCUT2D eigenvalue weighted by Gasteiger charge is -2.65. The van der Waals surface area contributed by atoms with Gasteiger partial charge in [0.2, 0.25) is 0 Å². The molecule has 2 aromatic rings. The van der Waals surface area contributed by atoms with Gasteiger partial charge in [-0.2, -0.15) is 5.26 Å². The van der Waals surface area contributed by atoms with Crippen molar-refractivity contribution < 1.29 is 9.53 Å². The van der Waals surface area contributed by atoms with Crippen molar-refractivity contribution in [1.29, 1.82) is 5.26 Å². The van der Waals surface area contributed by atoms with Gasteiger partial charge in [0, 0.05) is 73.5 Å². The van der Waals surface area contributed by atoms with E-state index in [4.69, 9.17) is 16.3 Å². The minimum absolute atomic E-state index is 0.0238. The van der Waals surface area contributed by atoms with E-state index in [9.17, 15) is 10.1 Å². The molecule has 8 heteroatoms. The summed E-state index contributed by atoms with van der Waals surface area (Å²) >= 11 is 6.27. The van der Waals surface area contributed by atoms with Crippen molar-refractivity contribution in [2.75, 3.05) is 50.7 Å². The van der Waals surface area contributed by atoms with E-state index in [1.54, 1.807) is 18.2 Å². The maximum absolute atomic E-state index is 13.7. The van der Waals surface area contributed by atoms with Crippen molar-refractivity contribution in [3.63, 3.8) is 0 Å². The average molecular weight is 576 g/mol. The first-order valence-electron chi connectivity index (χ1n) is 15.1. The molecule has 41 heavy (non-hydrogen) atoms. The van der Waals surface area contributed by atoms with Crippen molar-refractivity contribution >= 4 is 23.2 Å². The summed E-state index contributed by atoms with van der Waals surface area (Å²) in [6, 6.07) is 13.8. The van der Waals surface area contributed by atoms with E-state index >= 15 is 0 Å². The zero-order chi connectivity index (χ0) is 28.9. The number of rotatable bonds is 6. The fourth-order valence-corrected chi connectivity index (χ4v) is 8.58. The van der Waals surface area contributed by atoms with Gasteiger partial charge in [0.15, 0.2) is 0 Å². The van der Waals surface area contributed by atoms with E-state index < -0.39 is 0 Å². The van der Waals surface area contributed by atoms with Gasteiger partial charge in [-0.15, -0.1) is 0 Å². The van der Waals surface area contributed by atoms with Crippen molar-refractivity contribution in [2.45, 2.75) is 59.2 Å². The van der Waals surface area contributed by atoms with Crippen LogP contribution in [0.2, 0.25) is 5.02 Å². The summed E-state index contributed by atoms with van der Waals surface area (Å²) in [4.78, 5) is 20.9. The molecule has 0 bridgehead atoms. The largest absolute Gasteiger partial charge is 0.489 e. The molecule has 0 aromatic heterocycles. The van der Waals surface area contributed by atoms with Crippen molar-refractivity contribution in [2.24, 2.45) is 16.7 Å². The van der Waals surface area contributed by atoms with Crippen LogP contribution in [-0.2, 0) is 6.54 Å². The number of fused-ring (bicyclic) bond motifs is 1. The number of benzene rings is 2. The first-order valence-corrected chi connectivity index (χ1v) is 15.5. The Morgan fingerprint density at radius 3 is 2.39 bits per heavy atom. The molecule has 3 aliphatic heterocycles. The first-order chi connectivity index (χ1) is 19.6. The van der Waals surface area contributed by atoms with Crippen LogP contribution in [0.4, 0.5) is 5.69 Å². The maximum atomic E-state index is 13.7. The predicted molar refractivity (Wildman–Crippen MR) is 162 cm³/mol. The number of nitriles is 1. The monoisotopic (exact) mass is 575 g/mol. The average Bonchev–Trinajstić information content (AvgIpc) is 3.26. The molecule has 1 aliphatic carbocycles. The van der Waals surface area contributed by atoms with E-state index in [0.717, 1.165) is 56.3 Å². The molecule has 2 saturated heterocycles. The fraction of sp³-hybridized carbons (Fsp3) is 0.576. The van der Waals surface area contributed by atoms with Gasteiger partial charge in [0.05, 0.1) is 10.6 Å². The van der Waals surface area contributed by atoms with E-state index in [1.165, 1.54) is 25.1 Å². The van der Waals surface area contributed by atoms with Gasteiger partial charge in [-0.05, 0) is 67.7 Å². The number of nitrogens with one attached hydrogen (secondary N) is 1. The van der Waals surface area contributed by atoms with Crippen LogP contribution in [0.5, 0.6) is 5.75 Å². The number of anilines is 1. The third-order valence-corrected chi connectivity index (χ3v) is 10.3. The highest BCUT2D eigenvalue weighted by atomic mass is 35.5. The molecule has 0 radical (unpaired) electrons. The number of carbonyl (C=O) groups is 1. The van der Waals surface area contributed by atoms with E-state index in [2.05, 4.69) is 65.9 Å². The van der Waals surface area contributed by atoms with Gasteiger partial charge in [0.25, 0.3) is 5.91 Å². The number of ether oxygens (including phenoxy) is 1. The molecule has 1 amide bonds. The molecular weight excluding hydrogens is 534 g/mol. The Morgan fingerprint density at radius 1 is 1.02 bits per heavy atom. The second-order valence-electron chi connectivity index (χ2n) is 13.6. The summed E-state index contributed by atoms with van der Waals surface area (Å²) < 4.78 is 6.47. The molecule has 0 spiro atoms. The second-order valence-corrected chi connectivity index (χ2v) is 14.0. The van der Waals surface area contributed by atoms with E-state index in [1.807, 2.05) is 6.07 Å². The number of halogens is 1. The highest BCUT2D eigenvalue weighted by Gasteiger charge is 2.67. The number of hydrogen-bond donors (Lipinski definition) is 1. The minimum Gasteiger partial charge on any atom is -0.489 e. The van der Waals surface area contributed by atoms with Crippen LogP contribution in [0, 0.1) is 28.1 Å². The Morgan fingerprint density at radius 2 is 1.73 bits per heavy atom. The summed E-state index contributed by atoms with van der Waals surface area (Å²) in [6.45, 7) is 17.2. The highest BCUT2D eigenvalue weighted by Crippen LogP contribution is 2.59. The normalized spacial score (nSPS) is 25.9. The van der Waals surface area contributed by atoms with Gasteiger partial charge in [-0.1, -0.05) is 39.3 Å². The molecule has 1 N–H and O–H groups in total. The Balaban J connectivity index is 1.11. The van der Waals surface area contributed by atoms with Crippen LogP contribution in [0.1, 0.15) is 62.0 Å². The molecule has 7 nitrogen and oxygen atoms in total. The van der Waals surface area contributed by atoms with Crippen molar-refractivity contribution in [3.05, 3.63) is 58.1 Å². The standard InChI is InChI=1S/C33H42ClN5O2/c1-32(2)30(33(3,4)31(32)41-26-7-5-23(19-35)28(34)18-26)39-21-24-17-25(6-8-27(24)29(39)40)38-15-13-37(14-16-38)20-22-9-11-36-12-10-22/h5-8,17-18,22,30-31,36H,9-16,20-21H2,1-4H3/t30-,31-. The Kier molecular flexibility index (Phi) is 7.46. The molecular formula is C33H42ClN5O2. The lowest BCUT2D eigenvalue weighted by atomic mass is 9.49. The zero-order valence-corrected chi connectivity index (χ0v) is 25.5. The topological polar surface area (TPSA) is 71.8 Å². The summed E-state index contributed by atoms with van der Waals surface area (Å²) in [7, 11) is 0. The van der Waals surface area contributed by atoms with Crippen LogP contribution in [0.15, 0.2) is 36.4 Å². The molecule has 4 aliphatic rings. The molecule has 0 unspecified atom stereocenters. The van der Waals surface area contributed by atoms with Crippen LogP contribution >= 0.6 is 11.6 Å². The zero-order valence-electron chi connectivity index (χ0n) is 24.8. The van der Waals surface area contributed by atoms with Crippen molar-refractivity contribution in [3.8, 4) is 11.8 Å². The van der Waals surface area contributed by atoms with E-state index in [-0.39, 0.29) is 28.9 Å². The Bertz CT molecular complexity index is 1340. The molecule has 0 atom stereocenters. The van der Waals surface area contributed by atoms with Gasteiger partial charge >= 0.3 is 0 Å². The molecule has 2 aromatic carbocycles. The molecule has 6 rings (SSSR count). The predicted octanol–water partition coefficient (Wildman–Crippen LogP) is 5.17. The van der Waals surface area contributed by atoms with Gasteiger partial charge < -0.3 is 19.9 Å². The SMILES string of the molecule is CC1(C)[C@H](Oc2ccc(C#N)c(Cl)c2)C(C)(C)[C@H]1N1Cc2cc(N3CCN(CC4CCNCC4)CC3)ccc2C1=O. The number of hydrogen-bond acceptors (Lipinski definition) is 6. The number of amides is 1. The third kappa shape index (κ3) is 5.09. The quantitative estimate of drug-likeness (QED) is 0.512. The van der Waals surface area contributed by atoms with Crippen LogP contribution in [-0.4, -0.2) is 73.7 Å². The number of carbonyl (C=O) groups excluding carboxylic acids is 1. The Labute approximate surface area is 249 Å². The minimum atomic E-state index is -0.269. The van der Waals surface area contributed by atoms with Crippen LogP contribution in [0.3, 0.4) is 0 Å². The lowest BCUT2D eigenvalue weighted by Crippen LogP contribution is -2.74.